The van der Waals surface area contributed by atoms with Crippen LogP contribution in [0.15, 0.2) is 23.3 Å². The Kier molecular flexibility index (Phi) is 6.17. The van der Waals surface area contributed by atoms with E-state index < -0.39 is 5.60 Å². The van der Waals surface area contributed by atoms with Crippen molar-refractivity contribution in [1.82, 2.24) is 0 Å². The summed E-state index contributed by atoms with van der Waals surface area (Å²) in [5.74, 6) is -0.187. The Bertz CT molecular complexity index is 630. The van der Waals surface area contributed by atoms with Gasteiger partial charge in [0, 0.05) is 25.7 Å². The van der Waals surface area contributed by atoms with Crippen LogP contribution in [0.2, 0.25) is 0 Å². The van der Waals surface area contributed by atoms with Crippen LogP contribution in [0.25, 0.3) is 0 Å². The van der Waals surface area contributed by atoms with Gasteiger partial charge in [0.1, 0.15) is 6.10 Å². The summed E-state index contributed by atoms with van der Waals surface area (Å²) in [6.45, 7) is 11.5. The van der Waals surface area contributed by atoms with Crippen LogP contribution in [0.5, 0.6) is 0 Å². The van der Waals surface area contributed by atoms with Crippen molar-refractivity contribution in [1.29, 1.82) is 0 Å². The summed E-state index contributed by atoms with van der Waals surface area (Å²) in [6.07, 6.45) is 6.97. The predicted molar refractivity (Wildman–Crippen MR) is 103 cm³/mol. The van der Waals surface area contributed by atoms with Crippen molar-refractivity contribution >= 4 is 11.8 Å². The van der Waals surface area contributed by atoms with Crippen molar-refractivity contribution < 1.29 is 19.4 Å². The second-order valence-electron chi connectivity index (χ2n) is 8.85. The molecular formula is C22H34O4. The molecule has 2 rings (SSSR count). The van der Waals surface area contributed by atoms with Crippen LogP contribution in [-0.4, -0.2) is 28.6 Å². The van der Waals surface area contributed by atoms with E-state index in [-0.39, 0.29) is 35.1 Å². The third-order valence-corrected chi connectivity index (χ3v) is 6.71. The molecule has 0 amide bonds. The van der Waals surface area contributed by atoms with Crippen molar-refractivity contribution in [3.05, 3.63) is 23.3 Å². The Labute approximate surface area is 157 Å². The van der Waals surface area contributed by atoms with Crippen LogP contribution in [0, 0.1) is 17.3 Å². The Morgan fingerprint density at radius 1 is 1.27 bits per heavy atom. The second kappa shape index (κ2) is 7.67. The molecule has 0 bridgehead atoms. The van der Waals surface area contributed by atoms with Crippen molar-refractivity contribution in [3.8, 4) is 0 Å². The SMILES string of the molecule is CC(=O)O[C@H]1C/C=C(\C)C(=O)C[C@@H]2[C@@](C)(CC=C1C)CC[C@@]2(O)C(C)C. The smallest absolute Gasteiger partial charge is 0.303 e. The highest BCUT2D eigenvalue weighted by Gasteiger charge is 2.55. The maximum atomic E-state index is 12.8. The van der Waals surface area contributed by atoms with Gasteiger partial charge in [-0.2, -0.15) is 0 Å². The minimum absolute atomic E-state index is 0.0693. The van der Waals surface area contributed by atoms with Gasteiger partial charge in [0.15, 0.2) is 5.78 Å². The van der Waals surface area contributed by atoms with Crippen LogP contribution < -0.4 is 0 Å². The fourth-order valence-electron chi connectivity index (χ4n) is 4.59. The van der Waals surface area contributed by atoms with Crippen molar-refractivity contribution in [2.75, 3.05) is 0 Å². The van der Waals surface area contributed by atoms with Crippen LogP contribution in [-0.2, 0) is 14.3 Å². The number of fused-ring (bicyclic) bond motifs is 1. The van der Waals surface area contributed by atoms with Gasteiger partial charge in [-0.05, 0) is 55.6 Å². The summed E-state index contributed by atoms with van der Waals surface area (Å²) in [5.41, 5.74) is 0.757. The number of ether oxygens (including phenoxy) is 1. The molecule has 2 aliphatic rings. The van der Waals surface area contributed by atoms with Gasteiger partial charge < -0.3 is 9.84 Å². The Morgan fingerprint density at radius 3 is 2.50 bits per heavy atom. The van der Waals surface area contributed by atoms with Crippen LogP contribution >= 0.6 is 0 Å². The highest BCUT2D eigenvalue weighted by Crippen LogP contribution is 2.56. The molecule has 26 heavy (non-hydrogen) atoms. The Balaban J connectivity index is 2.45. The normalized spacial score (nSPS) is 38.1. The molecule has 0 aromatic carbocycles. The molecule has 0 aliphatic heterocycles. The Hall–Kier alpha value is -1.42. The first-order valence-electron chi connectivity index (χ1n) is 9.76. The number of Topliss-reactive ketones (excluding diaryl/α,β-unsaturated/α-hetero) is 1. The third kappa shape index (κ3) is 4.11. The number of aliphatic hydroxyl groups is 1. The molecule has 0 saturated heterocycles. The summed E-state index contributed by atoms with van der Waals surface area (Å²) in [5, 5.41) is 11.4. The fraction of sp³-hybridized carbons (Fsp3) is 0.727. The van der Waals surface area contributed by atoms with E-state index in [1.54, 1.807) is 0 Å². The van der Waals surface area contributed by atoms with Crippen molar-refractivity contribution in [3.63, 3.8) is 0 Å². The van der Waals surface area contributed by atoms with Gasteiger partial charge >= 0.3 is 5.97 Å². The molecule has 4 heteroatoms. The number of carbonyl (C=O) groups is 2. The quantitative estimate of drug-likeness (QED) is 0.585. The topological polar surface area (TPSA) is 63.6 Å². The first-order chi connectivity index (χ1) is 12.0. The standard InChI is InChI=1S/C22H34O4/c1-14(2)22(25)12-11-21(6)10-9-16(4)19(26-17(5)23)8-7-15(3)18(24)13-20(21)22/h7,9,14,19-20,25H,8,10-13H2,1-6H3/b15-7+,16-9?/t19-,20+,21-,22+/m0/s1. The van der Waals surface area contributed by atoms with Crippen LogP contribution in [0.3, 0.4) is 0 Å². The summed E-state index contributed by atoms with van der Waals surface area (Å²) >= 11 is 0. The molecule has 0 aromatic heterocycles. The van der Waals surface area contributed by atoms with E-state index >= 15 is 0 Å². The number of rotatable bonds is 2. The largest absolute Gasteiger partial charge is 0.458 e. The summed E-state index contributed by atoms with van der Waals surface area (Å²) in [6, 6.07) is 0. The fourth-order valence-corrected chi connectivity index (χ4v) is 4.59. The van der Waals surface area contributed by atoms with Crippen molar-refractivity contribution in [2.45, 2.75) is 85.4 Å². The van der Waals surface area contributed by atoms with Crippen LogP contribution in [0.4, 0.5) is 0 Å². The van der Waals surface area contributed by atoms with Gasteiger partial charge in [-0.1, -0.05) is 32.9 Å². The number of ketones is 1. The number of hydrogen-bond acceptors (Lipinski definition) is 4. The van der Waals surface area contributed by atoms with E-state index in [0.29, 0.717) is 18.4 Å². The lowest BCUT2D eigenvalue weighted by Crippen LogP contribution is -2.44. The Morgan fingerprint density at radius 2 is 1.92 bits per heavy atom. The maximum Gasteiger partial charge on any atom is 0.303 e. The molecule has 4 atom stereocenters. The molecule has 0 radical (unpaired) electrons. The molecule has 4 nitrogen and oxygen atoms in total. The molecule has 0 spiro atoms. The molecule has 0 heterocycles. The second-order valence-corrected chi connectivity index (χ2v) is 8.85. The average molecular weight is 363 g/mol. The highest BCUT2D eigenvalue weighted by atomic mass is 16.5. The lowest BCUT2D eigenvalue weighted by molar-refractivity contribution is -0.144. The number of allylic oxidation sites excluding steroid dienone is 2. The lowest BCUT2D eigenvalue weighted by atomic mass is 9.67. The lowest BCUT2D eigenvalue weighted by Gasteiger charge is -2.40. The van der Waals surface area contributed by atoms with E-state index in [1.807, 2.05) is 33.8 Å². The van der Waals surface area contributed by atoms with Gasteiger partial charge in [-0.25, -0.2) is 0 Å². The zero-order valence-corrected chi connectivity index (χ0v) is 17.1. The monoisotopic (exact) mass is 362 g/mol. The van der Waals surface area contributed by atoms with Gasteiger partial charge in [0.25, 0.3) is 0 Å². The predicted octanol–water partition coefficient (Wildman–Crippen LogP) is 4.37. The number of esters is 1. The van der Waals surface area contributed by atoms with E-state index in [2.05, 4.69) is 13.0 Å². The minimum atomic E-state index is -0.810. The van der Waals surface area contributed by atoms with Gasteiger partial charge in [0.05, 0.1) is 5.60 Å². The minimum Gasteiger partial charge on any atom is -0.458 e. The van der Waals surface area contributed by atoms with E-state index in [9.17, 15) is 14.7 Å². The van der Waals surface area contributed by atoms with Gasteiger partial charge in [-0.3, -0.25) is 9.59 Å². The van der Waals surface area contributed by atoms with E-state index in [0.717, 1.165) is 24.8 Å². The van der Waals surface area contributed by atoms with E-state index in [4.69, 9.17) is 4.74 Å². The molecule has 1 fully saturated rings. The first kappa shape index (κ1) is 20.9. The van der Waals surface area contributed by atoms with Crippen LogP contribution in [0.1, 0.15) is 73.6 Å². The highest BCUT2D eigenvalue weighted by molar-refractivity contribution is 5.95. The molecule has 2 aliphatic carbocycles. The van der Waals surface area contributed by atoms with E-state index in [1.165, 1.54) is 6.92 Å². The molecule has 1 saturated carbocycles. The first-order valence-corrected chi connectivity index (χ1v) is 9.76. The van der Waals surface area contributed by atoms with Gasteiger partial charge in [0.2, 0.25) is 0 Å². The third-order valence-electron chi connectivity index (χ3n) is 6.71. The molecule has 1 N–H and O–H groups in total. The average Bonchev–Trinajstić information content (AvgIpc) is 2.81. The zero-order chi connectivity index (χ0) is 19.7. The number of carbonyl (C=O) groups excluding carboxylic acids is 2. The molecule has 0 unspecified atom stereocenters. The summed E-state index contributed by atoms with van der Waals surface area (Å²) in [4.78, 5) is 24.3. The molecule has 146 valence electrons. The number of hydrogen-bond donors (Lipinski definition) is 1. The van der Waals surface area contributed by atoms with Gasteiger partial charge in [-0.15, -0.1) is 0 Å². The summed E-state index contributed by atoms with van der Waals surface area (Å²) < 4.78 is 5.47. The summed E-state index contributed by atoms with van der Waals surface area (Å²) in [7, 11) is 0. The maximum absolute atomic E-state index is 12.8. The van der Waals surface area contributed by atoms with Crippen molar-refractivity contribution in [2.24, 2.45) is 17.3 Å². The molecular weight excluding hydrogens is 328 g/mol. The zero-order valence-electron chi connectivity index (χ0n) is 17.1. The molecule has 0 aromatic rings.